The summed E-state index contributed by atoms with van der Waals surface area (Å²) in [5.41, 5.74) is 6.86. The second-order valence-electron chi connectivity index (χ2n) is 4.04. The largest absolute Gasteiger partial charge is 0.304 e. The van der Waals surface area contributed by atoms with Crippen molar-refractivity contribution in [3.05, 3.63) is 56.6 Å². The van der Waals surface area contributed by atoms with Crippen LogP contribution in [0.15, 0.2) is 40.3 Å². The van der Waals surface area contributed by atoms with Crippen molar-refractivity contribution in [3.63, 3.8) is 0 Å². The summed E-state index contributed by atoms with van der Waals surface area (Å²) in [6.45, 7) is 1.86. The fourth-order valence-corrected chi connectivity index (χ4v) is 2.73. The Balaban J connectivity index is 2.03. The molecule has 0 fully saturated rings. The molecule has 2 aromatic rings. The molecule has 1 amide bonds. The molecular formula is C14H11BrN4OS. The molecule has 1 aromatic heterocycles. The molecule has 106 valence electrons. The first kappa shape index (κ1) is 15.2. The van der Waals surface area contributed by atoms with Gasteiger partial charge in [-0.1, -0.05) is 12.1 Å². The maximum atomic E-state index is 11.9. The van der Waals surface area contributed by atoms with Crippen molar-refractivity contribution in [2.45, 2.75) is 6.92 Å². The smallest absolute Gasteiger partial charge is 0.270 e. The van der Waals surface area contributed by atoms with Crippen molar-refractivity contribution in [2.24, 2.45) is 0 Å². The van der Waals surface area contributed by atoms with E-state index in [-0.39, 0.29) is 5.91 Å². The molecule has 0 saturated heterocycles. The van der Waals surface area contributed by atoms with Crippen LogP contribution in [0.2, 0.25) is 0 Å². The van der Waals surface area contributed by atoms with Gasteiger partial charge in [0.2, 0.25) is 0 Å². The molecular weight excluding hydrogens is 352 g/mol. The van der Waals surface area contributed by atoms with Crippen LogP contribution >= 0.6 is 27.3 Å². The summed E-state index contributed by atoms with van der Waals surface area (Å²) in [5, 5.41) is 11.6. The van der Waals surface area contributed by atoms with Gasteiger partial charge in [-0.2, -0.15) is 5.26 Å². The minimum atomic E-state index is -0.300. The Bertz CT molecular complexity index is 733. The zero-order valence-corrected chi connectivity index (χ0v) is 13.5. The zero-order valence-electron chi connectivity index (χ0n) is 11.1. The van der Waals surface area contributed by atoms with E-state index in [1.54, 1.807) is 18.2 Å². The van der Waals surface area contributed by atoms with Gasteiger partial charge in [0, 0.05) is 21.7 Å². The first-order valence-corrected chi connectivity index (χ1v) is 7.62. The van der Waals surface area contributed by atoms with Crippen molar-refractivity contribution >= 4 is 38.7 Å². The third-order valence-corrected chi connectivity index (χ3v) is 4.18. The van der Waals surface area contributed by atoms with E-state index in [2.05, 4.69) is 31.8 Å². The van der Waals surface area contributed by atoms with Crippen molar-refractivity contribution < 1.29 is 4.79 Å². The lowest BCUT2D eigenvalue weighted by Gasteiger charge is -2.06. The topological polar surface area (TPSA) is 77.8 Å². The predicted molar refractivity (Wildman–Crippen MR) is 85.2 cm³/mol. The number of nitrogens with one attached hydrogen (secondary N) is 2. The van der Waals surface area contributed by atoms with Crippen molar-refractivity contribution in [1.82, 2.24) is 15.8 Å². The molecule has 0 bridgehead atoms. The molecule has 1 aromatic carbocycles. The standard InChI is InChI=1S/C14H11BrN4OS/c1-9-8-21-14(18-9)10(6-16)7-17-19-13(20)11-4-2-3-5-12(11)15/h2-5,7-8,17H,1H3,(H,19,20)/b10-7+. The molecule has 7 heteroatoms. The maximum absolute atomic E-state index is 11.9. The second kappa shape index (κ2) is 7.02. The number of nitriles is 1. The lowest BCUT2D eigenvalue weighted by molar-refractivity contribution is 0.0940. The Hall–Kier alpha value is -2.17. The van der Waals surface area contributed by atoms with Gasteiger partial charge in [-0.25, -0.2) is 4.98 Å². The molecule has 2 rings (SSSR count). The number of allylic oxidation sites excluding steroid dienone is 1. The summed E-state index contributed by atoms with van der Waals surface area (Å²) >= 11 is 4.68. The number of nitrogens with zero attached hydrogens (tertiary/aromatic N) is 2. The van der Waals surface area contributed by atoms with Gasteiger partial charge >= 0.3 is 0 Å². The number of thiazole rings is 1. The molecule has 0 aliphatic heterocycles. The Morgan fingerprint density at radius 1 is 1.48 bits per heavy atom. The lowest BCUT2D eigenvalue weighted by Crippen LogP contribution is -2.33. The van der Waals surface area contributed by atoms with Crippen molar-refractivity contribution in [3.8, 4) is 6.07 Å². The zero-order chi connectivity index (χ0) is 15.2. The highest BCUT2D eigenvalue weighted by atomic mass is 79.9. The molecule has 0 aliphatic carbocycles. The summed E-state index contributed by atoms with van der Waals surface area (Å²) in [7, 11) is 0. The van der Waals surface area contributed by atoms with Crippen LogP contribution in [0.1, 0.15) is 21.1 Å². The first-order valence-electron chi connectivity index (χ1n) is 5.95. The highest BCUT2D eigenvalue weighted by molar-refractivity contribution is 9.10. The van der Waals surface area contributed by atoms with Gasteiger partial charge < -0.3 is 5.43 Å². The van der Waals surface area contributed by atoms with Crippen LogP contribution in [0.25, 0.3) is 5.57 Å². The second-order valence-corrected chi connectivity index (χ2v) is 5.75. The number of hydrogen-bond donors (Lipinski definition) is 2. The van der Waals surface area contributed by atoms with E-state index in [9.17, 15) is 4.79 Å². The van der Waals surface area contributed by atoms with E-state index in [0.717, 1.165) is 5.69 Å². The number of halogens is 1. The molecule has 5 nitrogen and oxygen atoms in total. The van der Waals surface area contributed by atoms with Crippen molar-refractivity contribution in [1.29, 1.82) is 5.26 Å². The van der Waals surface area contributed by atoms with Gasteiger partial charge in [0.25, 0.3) is 5.91 Å². The monoisotopic (exact) mass is 362 g/mol. The Kier molecular flexibility index (Phi) is 5.09. The van der Waals surface area contributed by atoms with Crippen LogP contribution in [-0.2, 0) is 0 Å². The highest BCUT2D eigenvalue weighted by Crippen LogP contribution is 2.18. The number of hydrogen-bond acceptors (Lipinski definition) is 5. The molecule has 0 spiro atoms. The van der Waals surface area contributed by atoms with Crippen LogP contribution < -0.4 is 10.9 Å². The van der Waals surface area contributed by atoms with Gasteiger partial charge in [-0.15, -0.1) is 11.3 Å². The SMILES string of the molecule is Cc1csc(/C(C#N)=C/NNC(=O)c2ccccc2Br)n1. The quantitative estimate of drug-likeness (QED) is 0.647. The lowest BCUT2D eigenvalue weighted by atomic mass is 10.2. The number of aromatic nitrogens is 1. The molecule has 2 N–H and O–H groups in total. The van der Waals surface area contributed by atoms with E-state index >= 15 is 0 Å². The molecule has 0 atom stereocenters. The minimum absolute atomic E-state index is 0.300. The van der Waals surface area contributed by atoms with E-state index in [0.29, 0.717) is 20.6 Å². The molecule has 1 heterocycles. The van der Waals surface area contributed by atoms with Crippen LogP contribution in [0.5, 0.6) is 0 Å². The van der Waals surface area contributed by atoms with E-state index in [1.807, 2.05) is 24.4 Å². The average Bonchev–Trinajstić information content (AvgIpc) is 2.90. The normalized spacial score (nSPS) is 10.8. The van der Waals surface area contributed by atoms with E-state index in [1.165, 1.54) is 17.5 Å². The number of carbonyl (C=O) groups excluding carboxylic acids is 1. The number of benzene rings is 1. The Morgan fingerprint density at radius 2 is 2.24 bits per heavy atom. The van der Waals surface area contributed by atoms with Gasteiger partial charge in [-0.3, -0.25) is 10.2 Å². The number of aryl methyl sites for hydroxylation is 1. The summed E-state index contributed by atoms with van der Waals surface area (Å²) in [4.78, 5) is 16.2. The van der Waals surface area contributed by atoms with Gasteiger partial charge in [-0.05, 0) is 35.0 Å². The van der Waals surface area contributed by atoms with E-state index in [4.69, 9.17) is 5.26 Å². The Morgan fingerprint density at radius 3 is 2.86 bits per heavy atom. The fraction of sp³-hybridized carbons (Fsp3) is 0.0714. The van der Waals surface area contributed by atoms with Crippen LogP contribution in [0.3, 0.4) is 0 Å². The molecule has 0 radical (unpaired) electrons. The molecule has 0 saturated carbocycles. The summed E-state index contributed by atoms with van der Waals surface area (Å²) in [6.07, 6.45) is 1.42. The number of carbonyl (C=O) groups is 1. The number of amides is 1. The average molecular weight is 363 g/mol. The number of rotatable bonds is 4. The van der Waals surface area contributed by atoms with Gasteiger partial charge in [0.1, 0.15) is 16.6 Å². The maximum Gasteiger partial charge on any atom is 0.270 e. The summed E-state index contributed by atoms with van der Waals surface area (Å²) in [5.74, 6) is -0.300. The number of hydrazine groups is 1. The van der Waals surface area contributed by atoms with Crippen LogP contribution in [0, 0.1) is 18.3 Å². The molecule has 21 heavy (non-hydrogen) atoms. The summed E-state index contributed by atoms with van der Waals surface area (Å²) < 4.78 is 0.698. The third kappa shape index (κ3) is 3.90. The third-order valence-electron chi connectivity index (χ3n) is 2.49. The first-order chi connectivity index (χ1) is 10.1. The van der Waals surface area contributed by atoms with E-state index < -0.39 is 0 Å². The summed E-state index contributed by atoms with van der Waals surface area (Å²) in [6, 6.07) is 9.12. The van der Waals surface area contributed by atoms with Crippen LogP contribution in [-0.4, -0.2) is 10.9 Å². The Labute approximate surface area is 134 Å². The van der Waals surface area contributed by atoms with Gasteiger partial charge in [0.05, 0.1) is 5.56 Å². The molecule has 0 aliphatic rings. The fourth-order valence-electron chi connectivity index (χ4n) is 1.51. The van der Waals surface area contributed by atoms with Crippen LogP contribution in [0.4, 0.5) is 0 Å². The molecule has 0 unspecified atom stereocenters. The highest BCUT2D eigenvalue weighted by Gasteiger charge is 2.09. The predicted octanol–water partition coefficient (Wildman–Crippen LogP) is 3.01. The van der Waals surface area contributed by atoms with Gasteiger partial charge in [0.15, 0.2) is 0 Å². The van der Waals surface area contributed by atoms with Crippen molar-refractivity contribution in [2.75, 3.05) is 0 Å². The minimum Gasteiger partial charge on any atom is -0.304 e.